The van der Waals surface area contributed by atoms with Crippen molar-refractivity contribution < 1.29 is 17.9 Å². The monoisotopic (exact) mass is 318 g/mol. The highest BCUT2D eigenvalue weighted by atomic mass is 32.2. The molecule has 2 rings (SSSR count). The summed E-state index contributed by atoms with van der Waals surface area (Å²) in [7, 11) is -3.61. The second kappa shape index (κ2) is 6.91. The summed E-state index contributed by atoms with van der Waals surface area (Å²) < 4.78 is 32.8. The van der Waals surface area contributed by atoms with E-state index in [0.717, 1.165) is 0 Å². The standard InChI is InChI=1S/C10H18N6O4S/c1-2-20-10(17)8-3-5-16(6-4-8)21(18,19)11-7-9-12-14-15-13-9/h8,11H,2-7H2,1H3,(H,12,13,14,15). The maximum atomic E-state index is 12.1. The molecule has 2 N–H and O–H groups in total. The number of H-pyrrole nitrogens is 1. The van der Waals surface area contributed by atoms with E-state index in [1.54, 1.807) is 6.92 Å². The van der Waals surface area contributed by atoms with E-state index < -0.39 is 10.2 Å². The molecule has 1 aromatic heterocycles. The van der Waals surface area contributed by atoms with Gasteiger partial charge in [0.15, 0.2) is 5.82 Å². The average molecular weight is 318 g/mol. The predicted molar refractivity (Wildman–Crippen MR) is 70.9 cm³/mol. The Morgan fingerprint density at radius 3 is 2.76 bits per heavy atom. The summed E-state index contributed by atoms with van der Waals surface area (Å²) in [6.07, 6.45) is 0.921. The molecule has 0 saturated carbocycles. The first kappa shape index (κ1) is 15.8. The third-order valence-corrected chi connectivity index (χ3v) is 4.77. The van der Waals surface area contributed by atoms with Gasteiger partial charge in [-0.05, 0) is 19.8 Å². The molecule has 11 heteroatoms. The molecule has 118 valence electrons. The third kappa shape index (κ3) is 4.19. The topological polar surface area (TPSA) is 130 Å². The van der Waals surface area contributed by atoms with Crippen LogP contribution in [0.3, 0.4) is 0 Å². The second-order valence-corrected chi connectivity index (χ2v) is 6.33. The Balaban J connectivity index is 1.84. The lowest BCUT2D eigenvalue weighted by atomic mass is 9.98. The van der Waals surface area contributed by atoms with Gasteiger partial charge in [0.2, 0.25) is 0 Å². The molecule has 0 bridgehead atoms. The van der Waals surface area contributed by atoms with Gasteiger partial charge in [0.05, 0.1) is 19.1 Å². The molecule has 1 aliphatic heterocycles. The third-order valence-electron chi connectivity index (χ3n) is 3.22. The van der Waals surface area contributed by atoms with E-state index in [0.29, 0.717) is 19.4 Å². The molecule has 0 unspecified atom stereocenters. The number of ether oxygens (including phenoxy) is 1. The summed E-state index contributed by atoms with van der Waals surface area (Å²) in [4.78, 5) is 11.6. The first-order chi connectivity index (χ1) is 10.0. The SMILES string of the molecule is CCOC(=O)C1CCN(S(=O)(=O)NCc2nn[nH]n2)CC1. The lowest BCUT2D eigenvalue weighted by molar-refractivity contribution is -0.149. The number of hydrogen-bond donors (Lipinski definition) is 2. The van der Waals surface area contributed by atoms with E-state index in [-0.39, 0.29) is 37.3 Å². The van der Waals surface area contributed by atoms with E-state index in [2.05, 4.69) is 25.3 Å². The fourth-order valence-corrected chi connectivity index (χ4v) is 3.28. The first-order valence-corrected chi connectivity index (χ1v) is 8.10. The molecule has 2 heterocycles. The quantitative estimate of drug-likeness (QED) is 0.631. The summed E-state index contributed by atoms with van der Waals surface area (Å²) in [5.41, 5.74) is 0. The zero-order chi connectivity index (χ0) is 15.3. The highest BCUT2D eigenvalue weighted by Gasteiger charge is 2.31. The fraction of sp³-hybridized carbons (Fsp3) is 0.800. The number of carbonyl (C=O) groups is 1. The summed E-state index contributed by atoms with van der Waals surface area (Å²) in [6, 6.07) is 0. The van der Waals surface area contributed by atoms with Crippen molar-refractivity contribution in [2.45, 2.75) is 26.3 Å². The Morgan fingerprint density at radius 1 is 1.48 bits per heavy atom. The molecule has 1 fully saturated rings. The van der Waals surface area contributed by atoms with Gasteiger partial charge in [-0.25, -0.2) is 0 Å². The maximum Gasteiger partial charge on any atom is 0.309 e. The van der Waals surface area contributed by atoms with Crippen molar-refractivity contribution in [3.8, 4) is 0 Å². The molecular weight excluding hydrogens is 300 g/mol. The number of rotatable bonds is 6. The number of piperidine rings is 1. The van der Waals surface area contributed by atoms with Crippen LogP contribution in [0.15, 0.2) is 0 Å². The van der Waals surface area contributed by atoms with Crippen molar-refractivity contribution >= 4 is 16.2 Å². The van der Waals surface area contributed by atoms with Crippen LogP contribution in [0.25, 0.3) is 0 Å². The van der Waals surface area contributed by atoms with Crippen molar-refractivity contribution in [3.05, 3.63) is 5.82 Å². The largest absolute Gasteiger partial charge is 0.466 e. The normalized spacial score (nSPS) is 17.8. The van der Waals surface area contributed by atoms with Crippen LogP contribution in [0, 0.1) is 5.92 Å². The molecule has 0 aliphatic carbocycles. The van der Waals surface area contributed by atoms with Crippen molar-refractivity contribution in [1.29, 1.82) is 0 Å². The summed E-state index contributed by atoms with van der Waals surface area (Å²) in [5.74, 6) is -0.220. The van der Waals surface area contributed by atoms with Gasteiger partial charge in [-0.2, -0.15) is 22.7 Å². The highest BCUT2D eigenvalue weighted by molar-refractivity contribution is 7.87. The molecule has 0 spiro atoms. The second-order valence-electron chi connectivity index (χ2n) is 4.58. The number of esters is 1. The van der Waals surface area contributed by atoms with Crippen LogP contribution in [0.1, 0.15) is 25.6 Å². The summed E-state index contributed by atoms with van der Waals surface area (Å²) in [6.45, 7) is 2.62. The average Bonchev–Trinajstić information content (AvgIpc) is 2.99. The van der Waals surface area contributed by atoms with Crippen LogP contribution >= 0.6 is 0 Å². The van der Waals surface area contributed by atoms with Crippen LogP contribution < -0.4 is 4.72 Å². The van der Waals surface area contributed by atoms with Gasteiger partial charge >= 0.3 is 5.97 Å². The zero-order valence-corrected chi connectivity index (χ0v) is 12.5. The van der Waals surface area contributed by atoms with Gasteiger partial charge in [0.1, 0.15) is 0 Å². The van der Waals surface area contributed by atoms with Gasteiger partial charge in [-0.15, -0.1) is 10.2 Å². The van der Waals surface area contributed by atoms with Crippen LogP contribution in [0.4, 0.5) is 0 Å². The van der Waals surface area contributed by atoms with Gasteiger partial charge in [0.25, 0.3) is 10.2 Å². The maximum absolute atomic E-state index is 12.1. The Bertz CT molecular complexity index is 552. The van der Waals surface area contributed by atoms with Crippen LogP contribution in [0.2, 0.25) is 0 Å². The lowest BCUT2D eigenvalue weighted by Crippen LogP contribution is -2.46. The molecule has 0 amide bonds. The Morgan fingerprint density at radius 2 is 2.19 bits per heavy atom. The minimum atomic E-state index is -3.61. The van der Waals surface area contributed by atoms with Crippen LogP contribution in [-0.4, -0.2) is 59.0 Å². The van der Waals surface area contributed by atoms with Crippen molar-refractivity contribution in [2.75, 3.05) is 19.7 Å². The van der Waals surface area contributed by atoms with E-state index in [4.69, 9.17) is 4.74 Å². The number of nitrogens with zero attached hydrogens (tertiary/aromatic N) is 4. The van der Waals surface area contributed by atoms with E-state index in [1.165, 1.54) is 4.31 Å². The van der Waals surface area contributed by atoms with Crippen molar-refractivity contribution in [1.82, 2.24) is 29.7 Å². The molecule has 1 aromatic rings. The first-order valence-electron chi connectivity index (χ1n) is 6.66. The number of carbonyl (C=O) groups excluding carboxylic acids is 1. The number of aromatic amines is 1. The van der Waals surface area contributed by atoms with Gasteiger partial charge < -0.3 is 4.74 Å². The van der Waals surface area contributed by atoms with E-state index in [9.17, 15) is 13.2 Å². The van der Waals surface area contributed by atoms with Gasteiger partial charge in [0, 0.05) is 13.1 Å². The molecule has 1 saturated heterocycles. The molecule has 0 aromatic carbocycles. The molecule has 21 heavy (non-hydrogen) atoms. The Kier molecular flexibility index (Phi) is 5.20. The zero-order valence-electron chi connectivity index (χ0n) is 11.7. The Labute approximate surface area is 122 Å². The van der Waals surface area contributed by atoms with Crippen molar-refractivity contribution in [2.24, 2.45) is 5.92 Å². The molecule has 10 nitrogen and oxygen atoms in total. The van der Waals surface area contributed by atoms with Crippen molar-refractivity contribution in [3.63, 3.8) is 0 Å². The number of hydrogen-bond acceptors (Lipinski definition) is 7. The molecule has 0 radical (unpaired) electrons. The molecular formula is C10H18N6O4S. The predicted octanol–water partition coefficient (Wildman–Crippen LogP) is -1.19. The highest BCUT2D eigenvalue weighted by Crippen LogP contribution is 2.20. The number of tetrazole rings is 1. The summed E-state index contributed by atoms with van der Waals surface area (Å²) >= 11 is 0. The van der Waals surface area contributed by atoms with Crippen LogP contribution in [0.5, 0.6) is 0 Å². The van der Waals surface area contributed by atoms with E-state index >= 15 is 0 Å². The molecule has 1 aliphatic rings. The minimum Gasteiger partial charge on any atom is -0.466 e. The fourth-order valence-electron chi connectivity index (χ4n) is 2.10. The Hall–Kier alpha value is -1.59. The smallest absolute Gasteiger partial charge is 0.309 e. The van der Waals surface area contributed by atoms with E-state index in [1.807, 2.05) is 0 Å². The lowest BCUT2D eigenvalue weighted by Gasteiger charge is -2.29. The number of aromatic nitrogens is 4. The van der Waals surface area contributed by atoms with Crippen LogP contribution in [-0.2, 0) is 26.3 Å². The van der Waals surface area contributed by atoms with Gasteiger partial charge in [-0.1, -0.05) is 5.21 Å². The summed E-state index contributed by atoms with van der Waals surface area (Å²) in [5, 5.41) is 12.9. The molecule has 0 atom stereocenters. The minimum absolute atomic E-state index is 0.0311. The van der Waals surface area contributed by atoms with Gasteiger partial charge in [-0.3, -0.25) is 4.79 Å². The number of nitrogens with one attached hydrogen (secondary N) is 2.